The zero-order valence-corrected chi connectivity index (χ0v) is 17.3. The highest BCUT2D eigenvalue weighted by Crippen LogP contribution is 2.27. The van der Waals surface area contributed by atoms with Crippen LogP contribution in [0.25, 0.3) is 0 Å². The van der Waals surface area contributed by atoms with Gasteiger partial charge >= 0.3 is 6.03 Å². The minimum absolute atomic E-state index is 0.0463. The first-order chi connectivity index (χ1) is 15.0. The number of aliphatic hydroxyl groups excluding tert-OH is 1. The smallest absolute Gasteiger partial charge is 0.323 e. The molecule has 2 fully saturated rings. The summed E-state index contributed by atoms with van der Waals surface area (Å²) in [5.74, 6) is 0.184. The van der Waals surface area contributed by atoms with Crippen molar-refractivity contribution in [3.05, 3.63) is 42.3 Å². The van der Waals surface area contributed by atoms with Crippen LogP contribution in [0.4, 0.5) is 20.7 Å². The number of aromatic nitrogens is 1. The standard InChI is InChI=1S/C22H28FN5O3/c23-19-13-15(24)1-2-20(19)31-18-3-8-25-21(14-18)26-22(30)28-9-4-16(5-10-28)27-11-6-17(29)7-12-27/h1-3,8,13-14,16-17,29H,4-7,9-12,24H2,(H,25,26,30). The summed E-state index contributed by atoms with van der Waals surface area (Å²) in [7, 11) is 0. The highest BCUT2D eigenvalue weighted by atomic mass is 19.1. The van der Waals surface area contributed by atoms with Gasteiger partial charge in [-0.15, -0.1) is 0 Å². The molecule has 0 spiro atoms. The van der Waals surface area contributed by atoms with Gasteiger partial charge < -0.3 is 25.4 Å². The highest BCUT2D eigenvalue weighted by Gasteiger charge is 2.29. The number of halogens is 1. The lowest BCUT2D eigenvalue weighted by atomic mass is 9.99. The van der Waals surface area contributed by atoms with E-state index >= 15 is 0 Å². The number of carbonyl (C=O) groups excluding carboxylic acids is 1. The molecule has 0 aliphatic carbocycles. The number of benzene rings is 1. The second kappa shape index (κ2) is 9.49. The molecule has 2 aliphatic heterocycles. The Morgan fingerprint density at radius 3 is 2.58 bits per heavy atom. The van der Waals surface area contributed by atoms with Gasteiger partial charge in [-0.1, -0.05) is 0 Å². The van der Waals surface area contributed by atoms with Crippen molar-refractivity contribution in [2.24, 2.45) is 0 Å². The van der Waals surface area contributed by atoms with Crippen molar-refractivity contribution < 1.29 is 19.0 Å². The maximum atomic E-state index is 14.0. The molecule has 9 heteroatoms. The number of nitrogens with one attached hydrogen (secondary N) is 1. The number of nitrogens with zero attached hydrogens (tertiary/aromatic N) is 3. The van der Waals surface area contributed by atoms with Crippen molar-refractivity contribution >= 4 is 17.5 Å². The SMILES string of the molecule is Nc1ccc(Oc2ccnc(NC(=O)N3CCC(N4CCC(O)CC4)CC3)c2)c(F)c1. The molecule has 2 aromatic rings. The molecule has 4 N–H and O–H groups in total. The van der Waals surface area contributed by atoms with E-state index in [0.717, 1.165) is 38.8 Å². The summed E-state index contributed by atoms with van der Waals surface area (Å²) in [6, 6.07) is 7.59. The predicted molar refractivity (Wildman–Crippen MR) is 116 cm³/mol. The number of piperidine rings is 2. The molecule has 1 aromatic heterocycles. The van der Waals surface area contributed by atoms with E-state index in [9.17, 15) is 14.3 Å². The molecular formula is C22H28FN5O3. The van der Waals surface area contributed by atoms with Crippen molar-refractivity contribution in [2.75, 3.05) is 37.2 Å². The zero-order valence-electron chi connectivity index (χ0n) is 17.3. The third-order valence-electron chi connectivity index (χ3n) is 5.92. The van der Waals surface area contributed by atoms with E-state index in [1.54, 1.807) is 23.1 Å². The van der Waals surface area contributed by atoms with Gasteiger partial charge in [0.2, 0.25) is 0 Å². The van der Waals surface area contributed by atoms with E-state index in [4.69, 9.17) is 10.5 Å². The molecule has 2 amide bonds. The Morgan fingerprint density at radius 2 is 1.87 bits per heavy atom. The summed E-state index contributed by atoms with van der Waals surface area (Å²) in [4.78, 5) is 21.0. The third kappa shape index (κ3) is 5.42. The zero-order chi connectivity index (χ0) is 21.8. The van der Waals surface area contributed by atoms with Crippen LogP contribution < -0.4 is 15.8 Å². The Bertz CT molecular complexity index is 912. The van der Waals surface area contributed by atoms with Gasteiger partial charge in [-0.05, 0) is 43.9 Å². The van der Waals surface area contributed by atoms with Gasteiger partial charge in [0.25, 0.3) is 0 Å². The van der Waals surface area contributed by atoms with Crippen LogP contribution in [0.1, 0.15) is 25.7 Å². The van der Waals surface area contributed by atoms with Crippen LogP contribution in [0.3, 0.4) is 0 Å². The Labute approximate surface area is 180 Å². The van der Waals surface area contributed by atoms with Crippen LogP contribution in [-0.2, 0) is 0 Å². The number of aliphatic hydroxyl groups is 1. The molecule has 3 heterocycles. The number of rotatable bonds is 4. The Balaban J connectivity index is 1.30. The van der Waals surface area contributed by atoms with Crippen LogP contribution in [0, 0.1) is 5.82 Å². The van der Waals surface area contributed by atoms with E-state index in [2.05, 4.69) is 15.2 Å². The fourth-order valence-corrected chi connectivity index (χ4v) is 4.14. The maximum Gasteiger partial charge on any atom is 0.323 e. The molecule has 166 valence electrons. The molecule has 0 atom stereocenters. The van der Waals surface area contributed by atoms with Crippen molar-refractivity contribution in [1.82, 2.24) is 14.8 Å². The number of amides is 2. The Hall–Kier alpha value is -2.91. The van der Waals surface area contributed by atoms with Crippen LogP contribution >= 0.6 is 0 Å². The van der Waals surface area contributed by atoms with E-state index in [-0.39, 0.29) is 17.9 Å². The lowest BCUT2D eigenvalue weighted by Crippen LogP contribution is -2.50. The topological polar surface area (TPSA) is 104 Å². The quantitative estimate of drug-likeness (QED) is 0.646. The monoisotopic (exact) mass is 429 g/mol. The molecular weight excluding hydrogens is 401 g/mol. The lowest BCUT2D eigenvalue weighted by Gasteiger charge is -2.41. The number of pyridine rings is 1. The highest BCUT2D eigenvalue weighted by molar-refractivity contribution is 5.88. The largest absolute Gasteiger partial charge is 0.454 e. The lowest BCUT2D eigenvalue weighted by molar-refractivity contribution is 0.0437. The molecule has 1 aromatic carbocycles. The number of nitrogen functional groups attached to an aromatic ring is 1. The molecule has 2 aliphatic rings. The summed E-state index contributed by atoms with van der Waals surface area (Å²) in [6.45, 7) is 3.18. The fourth-order valence-electron chi connectivity index (χ4n) is 4.14. The van der Waals surface area contributed by atoms with E-state index < -0.39 is 5.82 Å². The number of carbonyl (C=O) groups is 1. The first-order valence-electron chi connectivity index (χ1n) is 10.6. The number of likely N-dealkylation sites (tertiary alicyclic amines) is 2. The van der Waals surface area contributed by atoms with E-state index in [0.29, 0.717) is 36.4 Å². The van der Waals surface area contributed by atoms with Gasteiger partial charge in [0, 0.05) is 56.2 Å². The number of anilines is 2. The van der Waals surface area contributed by atoms with Crippen LogP contribution in [-0.4, -0.2) is 64.2 Å². The number of hydrogen-bond donors (Lipinski definition) is 3. The van der Waals surface area contributed by atoms with Crippen molar-refractivity contribution in [2.45, 2.75) is 37.8 Å². The molecule has 8 nitrogen and oxygen atoms in total. The summed E-state index contributed by atoms with van der Waals surface area (Å²) >= 11 is 0. The van der Waals surface area contributed by atoms with Crippen molar-refractivity contribution in [3.63, 3.8) is 0 Å². The van der Waals surface area contributed by atoms with Crippen molar-refractivity contribution in [1.29, 1.82) is 0 Å². The van der Waals surface area contributed by atoms with Crippen LogP contribution in [0.15, 0.2) is 36.5 Å². The average Bonchev–Trinajstić information content (AvgIpc) is 2.77. The minimum Gasteiger partial charge on any atom is -0.454 e. The minimum atomic E-state index is -0.562. The summed E-state index contributed by atoms with van der Waals surface area (Å²) in [6.07, 6.45) is 4.80. The molecule has 0 radical (unpaired) electrons. The second-order valence-electron chi connectivity index (χ2n) is 8.08. The molecule has 31 heavy (non-hydrogen) atoms. The number of nitrogens with two attached hydrogens (primary N) is 1. The number of ether oxygens (including phenoxy) is 1. The van der Waals surface area contributed by atoms with Gasteiger partial charge in [0.1, 0.15) is 11.6 Å². The Morgan fingerprint density at radius 1 is 1.13 bits per heavy atom. The Kier molecular flexibility index (Phi) is 6.53. The summed E-state index contributed by atoms with van der Waals surface area (Å²) in [5, 5.41) is 12.5. The molecule has 0 saturated carbocycles. The second-order valence-corrected chi connectivity index (χ2v) is 8.08. The van der Waals surface area contributed by atoms with E-state index in [1.165, 1.54) is 18.3 Å². The average molecular weight is 429 g/mol. The van der Waals surface area contributed by atoms with Crippen molar-refractivity contribution in [3.8, 4) is 11.5 Å². The predicted octanol–water partition coefficient (Wildman–Crippen LogP) is 3.05. The normalized spacial score (nSPS) is 18.7. The van der Waals surface area contributed by atoms with Crippen LogP contribution in [0.5, 0.6) is 11.5 Å². The molecule has 0 unspecified atom stereocenters. The van der Waals surface area contributed by atoms with Gasteiger partial charge in [-0.3, -0.25) is 5.32 Å². The molecule has 0 bridgehead atoms. The fraction of sp³-hybridized carbons (Fsp3) is 0.455. The van der Waals surface area contributed by atoms with Gasteiger partial charge in [-0.2, -0.15) is 0 Å². The van der Waals surface area contributed by atoms with Gasteiger partial charge in [-0.25, -0.2) is 14.2 Å². The van der Waals surface area contributed by atoms with Gasteiger partial charge in [0.15, 0.2) is 11.6 Å². The molecule has 2 saturated heterocycles. The first kappa shape index (κ1) is 21.3. The van der Waals surface area contributed by atoms with Crippen LogP contribution in [0.2, 0.25) is 0 Å². The number of urea groups is 1. The maximum absolute atomic E-state index is 14.0. The van der Waals surface area contributed by atoms with Gasteiger partial charge in [0.05, 0.1) is 6.10 Å². The number of hydrogen-bond acceptors (Lipinski definition) is 6. The van der Waals surface area contributed by atoms with E-state index in [1.807, 2.05) is 0 Å². The summed E-state index contributed by atoms with van der Waals surface area (Å²) in [5.41, 5.74) is 5.87. The molecule has 4 rings (SSSR count). The first-order valence-corrected chi connectivity index (χ1v) is 10.6. The summed E-state index contributed by atoms with van der Waals surface area (Å²) < 4.78 is 19.5. The third-order valence-corrected chi connectivity index (χ3v) is 5.92.